The number of hydrogen-bond acceptors (Lipinski definition) is 7. The number of hydrogen-bond donors (Lipinski definition) is 1. The molecule has 1 heterocycles. The van der Waals surface area contributed by atoms with E-state index in [-0.39, 0.29) is 11.5 Å². The topological polar surface area (TPSA) is 125 Å². The van der Waals surface area contributed by atoms with Crippen LogP contribution < -0.4 is 5.32 Å². The molecule has 23 heavy (non-hydrogen) atoms. The Hall–Kier alpha value is -3.49. The van der Waals surface area contributed by atoms with Crippen LogP contribution in [0.3, 0.4) is 0 Å². The van der Waals surface area contributed by atoms with Gasteiger partial charge in [0.1, 0.15) is 6.26 Å². The molecule has 0 aliphatic heterocycles. The first-order valence-corrected chi connectivity index (χ1v) is 6.34. The van der Waals surface area contributed by atoms with Crippen molar-refractivity contribution in [3.05, 3.63) is 58.3 Å². The Morgan fingerprint density at radius 1 is 1.39 bits per heavy atom. The maximum Gasteiger partial charge on any atom is 0.331 e. The van der Waals surface area contributed by atoms with E-state index in [1.165, 1.54) is 36.6 Å². The zero-order chi connectivity index (χ0) is 16.7. The number of aromatic nitrogens is 1. The highest BCUT2D eigenvalue weighted by Gasteiger charge is 2.08. The summed E-state index contributed by atoms with van der Waals surface area (Å²) in [6.07, 6.45) is 3.71. The highest BCUT2D eigenvalue weighted by Crippen LogP contribution is 2.14. The first-order chi connectivity index (χ1) is 11.0. The van der Waals surface area contributed by atoms with E-state index >= 15 is 0 Å². The molecule has 0 unspecified atom stereocenters. The summed E-state index contributed by atoms with van der Waals surface area (Å²) >= 11 is 0. The van der Waals surface area contributed by atoms with Crippen LogP contribution in [-0.4, -0.2) is 28.6 Å². The summed E-state index contributed by atoms with van der Waals surface area (Å²) in [6.45, 7) is -0.495. The number of amides is 1. The van der Waals surface area contributed by atoms with Crippen LogP contribution >= 0.6 is 0 Å². The maximum absolute atomic E-state index is 11.5. The number of nitrogens with one attached hydrogen (secondary N) is 1. The fraction of sp³-hybridized carbons (Fsp3) is 0.0714. The summed E-state index contributed by atoms with van der Waals surface area (Å²) in [5, 5.41) is 16.4. The Labute approximate surface area is 129 Å². The van der Waals surface area contributed by atoms with Crippen molar-refractivity contribution in [1.29, 1.82) is 0 Å². The van der Waals surface area contributed by atoms with Gasteiger partial charge in [0.05, 0.1) is 4.92 Å². The number of anilines is 1. The number of carbonyl (C=O) groups is 2. The summed E-state index contributed by atoms with van der Waals surface area (Å²) in [4.78, 5) is 33.0. The molecule has 0 aliphatic rings. The molecule has 1 aromatic heterocycles. The van der Waals surface area contributed by atoms with Gasteiger partial charge in [0.25, 0.3) is 11.6 Å². The van der Waals surface area contributed by atoms with Gasteiger partial charge >= 0.3 is 5.97 Å². The minimum Gasteiger partial charge on any atom is -0.452 e. The molecule has 0 atom stereocenters. The fourth-order valence-electron chi connectivity index (χ4n) is 1.55. The molecule has 0 spiro atoms. The molecule has 0 aliphatic carbocycles. The quantitative estimate of drug-likeness (QED) is 0.372. The first-order valence-electron chi connectivity index (χ1n) is 6.34. The number of nitrogens with zero attached hydrogens (tertiary/aromatic N) is 2. The second-order valence-corrected chi connectivity index (χ2v) is 4.23. The third-order valence-electron chi connectivity index (χ3n) is 2.54. The summed E-state index contributed by atoms with van der Waals surface area (Å²) in [6, 6.07) is 7.16. The number of benzene rings is 1. The molecular formula is C14H11N3O6. The van der Waals surface area contributed by atoms with Gasteiger partial charge in [-0.2, -0.15) is 0 Å². The van der Waals surface area contributed by atoms with Gasteiger partial charge in [0.2, 0.25) is 0 Å². The molecule has 0 radical (unpaired) electrons. The van der Waals surface area contributed by atoms with Crippen LogP contribution in [0.25, 0.3) is 6.08 Å². The van der Waals surface area contributed by atoms with E-state index < -0.39 is 23.4 Å². The van der Waals surface area contributed by atoms with Crippen LogP contribution in [0.4, 0.5) is 11.5 Å². The van der Waals surface area contributed by atoms with Gasteiger partial charge in [-0.15, -0.1) is 0 Å². The lowest BCUT2D eigenvalue weighted by Crippen LogP contribution is -2.20. The van der Waals surface area contributed by atoms with E-state index in [9.17, 15) is 19.7 Å². The van der Waals surface area contributed by atoms with Crippen molar-refractivity contribution in [1.82, 2.24) is 5.16 Å². The standard InChI is InChI=1S/C14H11N3O6/c18-13(15-12-6-7-23-16-12)9-22-14(19)5-4-10-2-1-3-11(8-10)17(20)21/h1-8H,9H2,(H,15,16,18)/b5-4+. The average molecular weight is 317 g/mol. The SMILES string of the molecule is O=C(COC(=O)/C=C/c1cccc([N+](=O)[O-])c1)Nc1ccon1. The van der Waals surface area contributed by atoms with Gasteiger partial charge in [0.15, 0.2) is 12.4 Å². The Bertz CT molecular complexity index is 739. The fourth-order valence-corrected chi connectivity index (χ4v) is 1.55. The van der Waals surface area contributed by atoms with E-state index in [1.807, 2.05) is 0 Å². The number of carbonyl (C=O) groups excluding carboxylic acids is 2. The summed E-state index contributed by atoms with van der Waals surface area (Å²) in [5.41, 5.74) is 0.371. The van der Waals surface area contributed by atoms with Gasteiger partial charge in [-0.3, -0.25) is 14.9 Å². The van der Waals surface area contributed by atoms with E-state index in [4.69, 9.17) is 4.74 Å². The number of nitro groups is 1. The molecular weight excluding hydrogens is 306 g/mol. The lowest BCUT2D eigenvalue weighted by atomic mass is 10.2. The monoisotopic (exact) mass is 317 g/mol. The number of esters is 1. The van der Waals surface area contributed by atoms with Crippen molar-refractivity contribution in [2.24, 2.45) is 0 Å². The van der Waals surface area contributed by atoms with E-state index in [1.54, 1.807) is 6.07 Å². The van der Waals surface area contributed by atoms with Crippen molar-refractivity contribution in [3.63, 3.8) is 0 Å². The summed E-state index contributed by atoms with van der Waals surface area (Å²) < 4.78 is 9.25. The zero-order valence-corrected chi connectivity index (χ0v) is 11.7. The number of nitro benzene ring substituents is 1. The van der Waals surface area contributed by atoms with Crippen LogP contribution in [0.5, 0.6) is 0 Å². The molecule has 0 bridgehead atoms. The molecule has 0 saturated carbocycles. The van der Waals surface area contributed by atoms with Gasteiger partial charge in [-0.1, -0.05) is 17.3 Å². The van der Waals surface area contributed by atoms with E-state index in [2.05, 4.69) is 15.0 Å². The molecule has 0 saturated heterocycles. The van der Waals surface area contributed by atoms with Crippen LogP contribution in [0, 0.1) is 10.1 Å². The van der Waals surface area contributed by atoms with Crippen LogP contribution in [0.2, 0.25) is 0 Å². The largest absolute Gasteiger partial charge is 0.452 e. The van der Waals surface area contributed by atoms with E-state index in [0.29, 0.717) is 5.56 Å². The number of rotatable bonds is 6. The second kappa shape index (κ2) is 7.50. The Kier molecular flexibility index (Phi) is 5.18. The van der Waals surface area contributed by atoms with Crippen molar-refractivity contribution in [2.75, 3.05) is 11.9 Å². The Morgan fingerprint density at radius 3 is 2.91 bits per heavy atom. The minimum absolute atomic E-state index is 0.0903. The van der Waals surface area contributed by atoms with Crippen LogP contribution in [0.1, 0.15) is 5.56 Å². The Morgan fingerprint density at radius 2 is 2.22 bits per heavy atom. The van der Waals surface area contributed by atoms with Crippen molar-refractivity contribution >= 4 is 29.5 Å². The molecule has 9 nitrogen and oxygen atoms in total. The maximum atomic E-state index is 11.5. The summed E-state index contributed by atoms with van der Waals surface area (Å²) in [7, 11) is 0. The van der Waals surface area contributed by atoms with Gasteiger partial charge < -0.3 is 14.6 Å². The molecule has 2 rings (SSSR count). The number of ether oxygens (including phenoxy) is 1. The predicted molar refractivity (Wildman–Crippen MR) is 78.2 cm³/mol. The molecule has 1 N–H and O–H groups in total. The van der Waals surface area contributed by atoms with Gasteiger partial charge in [-0.25, -0.2) is 4.79 Å². The van der Waals surface area contributed by atoms with E-state index in [0.717, 1.165) is 6.08 Å². The lowest BCUT2D eigenvalue weighted by Gasteiger charge is -2.01. The highest BCUT2D eigenvalue weighted by molar-refractivity contribution is 5.94. The zero-order valence-electron chi connectivity index (χ0n) is 11.7. The highest BCUT2D eigenvalue weighted by atomic mass is 16.6. The van der Waals surface area contributed by atoms with Crippen LogP contribution in [-0.2, 0) is 14.3 Å². The molecule has 1 amide bonds. The molecule has 9 heteroatoms. The molecule has 2 aromatic rings. The van der Waals surface area contributed by atoms with Gasteiger partial charge in [-0.05, 0) is 11.6 Å². The lowest BCUT2D eigenvalue weighted by molar-refractivity contribution is -0.384. The van der Waals surface area contributed by atoms with Gasteiger partial charge in [0, 0.05) is 24.3 Å². The molecule has 1 aromatic carbocycles. The average Bonchev–Trinajstić information content (AvgIpc) is 3.04. The normalized spacial score (nSPS) is 10.4. The smallest absolute Gasteiger partial charge is 0.331 e. The molecule has 118 valence electrons. The third kappa shape index (κ3) is 5.08. The minimum atomic E-state index is -0.758. The second-order valence-electron chi connectivity index (χ2n) is 4.23. The van der Waals surface area contributed by atoms with Crippen molar-refractivity contribution < 1.29 is 23.8 Å². The number of non-ortho nitro benzene ring substituents is 1. The molecule has 0 fully saturated rings. The Balaban J connectivity index is 1.83. The van der Waals surface area contributed by atoms with Crippen molar-refractivity contribution in [3.8, 4) is 0 Å². The first kappa shape index (κ1) is 15.9. The third-order valence-corrected chi connectivity index (χ3v) is 2.54. The van der Waals surface area contributed by atoms with Crippen molar-refractivity contribution in [2.45, 2.75) is 0 Å². The predicted octanol–water partition coefficient (Wildman–Crippen LogP) is 1.78. The summed E-state index contributed by atoms with van der Waals surface area (Å²) in [5.74, 6) is -1.12. The van der Waals surface area contributed by atoms with Crippen LogP contribution in [0.15, 0.2) is 47.2 Å².